The number of hydrogen-bond donors (Lipinski definition) is 1. The number of carbonyl (C=O) groups is 1. The first-order valence-electron chi connectivity index (χ1n) is 10.9. The lowest BCUT2D eigenvalue weighted by atomic mass is 9.78. The molecular weight excluding hydrogens is 411 g/mol. The van der Waals surface area contributed by atoms with Crippen LogP contribution in [0.5, 0.6) is 5.75 Å². The summed E-state index contributed by atoms with van der Waals surface area (Å²) in [7, 11) is -1.60. The molecule has 1 N–H and O–H groups in total. The van der Waals surface area contributed by atoms with Crippen LogP contribution in [0.3, 0.4) is 0 Å². The number of unbranched alkanes of at least 4 members (excludes halogenated alkanes) is 1. The molecule has 6 heteroatoms. The van der Waals surface area contributed by atoms with Crippen molar-refractivity contribution in [1.82, 2.24) is 0 Å². The van der Waals surface area contributed by atoms with E-state index in [1.165, 1.54) is 32.8 Å². The maximum Gasteiger partial charge on any atom is 0.317 e. The zero-order chi connectivity index (χ0) is 24.6. The zero-order valence-corrected chi connectivity index (χ0v) is 22.3. The average Bonchev–Trinajstić information content (AvgIpc) is 2.62. The summed E-state index contributed by atoms with van der Waals surface area (Å²) in [4.78, 5) is 21.4. The van der Waals surface area contributed by atoms with Crippen molar-refractivity contribution in [3.05, 3.63) is 34.9 Å². The Bertz CT molecular complexity index is 778. The number of ether oxygens (including phenoxy) is 1. The molecule has 31 heavy (non-hydrogen) atoms. The van der Waals surface area contributed by atoms with Crippen LogP contribution >= 0.6 is 8.25 Å². The summed E-state index contributed by atoms with van der Waals surface area (Å²) in [5, 5.41) is 0. The number of ketones is 1. The topological polar surface area (TPSA) is 72.8 Å². The zero-order valence-electron chi connectivity index (χ0n) is 21.3. The third-order valence-electron chi connectivity index (χ3n) is 4.85. The quantitative estimate of drug-likeness (QED) is 0.360. The monoisotopic (exact) mass is 454 g/mol. The fraction of sp³-hybridized carbons (Fsp3) is 0.640. The lowest BCUT2D eigenvalue weighted by molar-refractivity contribution is -0.126. The number of hydrogen-bond acceptors (Lipinski definition) is 4. The predicted octanol–water partition coefficient (Wildman–Crippen LogP) is 6.86. The van der Waals surface area contributed by atoms with Gasteiger partial charge in [0, 0.05) is 11.1 Å². The first-order chi connectivity index (χ1) is 14.0. The van der Waals surface area contributed by atoms with Gasteiger partial charge in [-0.05, 0) is 48.5 Å². The fourth-order valence-corrected chi connectivity index (χ4v) is 3.16. The molecule has 0 fully saturated rings. The highest BCUT2D eigenvalue weighted by Gasteiger charge is 2.29. The molecule has 0 radical (unpaired) electrons. The molecule has 0 aliphatic rings. The molecule has 0 bridgehead atoms. The van der Waals surface area contributed by atoms with Crippen LogP contribution in [-0.4, -0.2) is 23.4 Å². The van der Waals surface area contributed by atoms with E-state index in [1.807, 2.05) is 6.07 Å². The maximum atomic E-state index is 12.5. The van der Waals surface area contributed by atoms with E-state index in [1.54, 1.807) is 13.2 Å². The van der Waals surface area contributed by atoms with E-state index in [2.05, 4.69) is 61.5 Å². The van der Waals surface area contributed by atoms with Gasteiger partial charge in [0.15, 0.2) is 5.78 Å². The number of methoxy groups -OCH3 is 1. The number of benzene rings is 1. The van der Waals surface area contributed by atoms with Gasteiger partial charge in [-0.1, -0.05) is 74.3 Å². The van der Waals surface area contributed by atoms with E-state index in [0.29, 0.717) is 5.75 Å². The van der Waals surface area contributed by atoms with Crippen LogP contribution in [0.15, 0.2) is 18.2 Å². The first-order valence-corrected chi connectivity index (χ1v) is 12.1. The molecule has 0 amide bonds. The highest BCUT2D eigenvalue weighted by molar-refractivity contribution is 7.32. The summed E-state index contributed by atoms with van der Waals surface area (Å²) >= 11 is 0. The molecule has 0 aliphatic heterocycles. The van der Waals surface area contributed by atoms with Crippen molar-refractivity contribution >= 4 is 20.1 Å². The van der Waals surface area contributed by atoms with Gasteiger partial charge in [0.2, 0.25) is 0 Å². The van der Waals surface area contributed by atoms with Crippen LogP contribution in [0.4, 0.5) is 0 Å². The second-order valence-corrected chi connectivity index (χ2v) is 11.0. The van der Waals surface area contributed by atoms with Crippen LogP contribution in [0.2, 0.25) is 0 Å². The molecule has 1 atom stereocenters. The van der Waals surface area contributed by atoms with Gasteiger partial charge < -0.3 is 9.63 Å². The van der Waals surface area contributed by atoms with Gasteiger partial charge in [0.25, 0.3) is 0 Å². The molecular formula is C25H43O5P. The van der Waals surface area contributed by atoms with Gasteiger partial charge in [-0.2, -0.15) is 0 Å². The summed E-state index contributed by atoms with van der Waals surface area (Å²) < 4.78 is 21.5. The van der Waals surface area contributed by atoms with E-state index < -0.39 is 19.6 Å². The lowest BCUT2D eigenvalue weighted by Crippen LogP contribution is -2.31. The largest absolute Gasteiger partial charge is 0.496 e. The van der Waals surface area contributed by atoms with Crippen LogP contribution in [0.25, 0.3) is 6.08 Å². The first kappa shape index (κ1) is 29.6. The smallest absolute Gasteiger partial charge is 0.317 e. The summed E-state index contributed by atoms with van der Waals surface area (Å²) in [6.07, 6.45) is 5.70. The van der Waals surface area contributed by atoms with Crippen molar-refractivity contribution < 1.29 is 23.5 Å². The van der Waals surface area contributed by atoms with Crippen molar-refractivity contribution in [2.24, 2.45) is 0 Å². The lowest BCUT2D eigenvalue weighted by Gasteiger charge is -2.28. The Morgan fingerprint density at radius 2 is 1.52 bits per heavy atom. The van der Waals surface area contributed by atoms with Crippen LogP contribution in [0, 0.1) is 0 Å². The van der Waals surface area contributed by atoms with E-state index in [0.717, 1.165) is 16.7 Å². The highest BCUT2D eigenvalue weighted by Crippen LogP contribution is 2.39. The predicted molar refractivity (Wildman–Crippen MR) is 131 cm³/mol. The normalized spacial score (nSPS) is 13.5. The third kappa shape index (κ3) is 9.72. The molecule has 1 rings (SSSR count). The summed E-state index contributed by atoms with van der Waals surface area (Å²) in [5.41, 5.74) is 1.40. The molecule has 1 unspecified atom stereocenters. The molecule has 0 saturated heterocycles. The second kappa shape index (κ2) is 12.0. The van der Waals surface area contributed by atoms with Crippen molar-refractivity contribution in [2.45, 2.75) is 98.5 Å². The summed E-state index contributed by atoms with van der Waals surface area (Å²) in [5.74, 6) is 0.324. The maximum absolute atomic E-state index is 12.5. The Balaban J connectivity index is 0.00000206. The molecule has 0 aromatic heterocycles. The molecule has 5 nitrogen and oxygen atoms in total. The van der Waals surface area contributed by atoms with Crippen molar-refractivity contribution in [3.63, 3.8) is 0 Å². The molecule has 0 saturated carbocycles. The standard InChI is InChI=1S/C21H33O5P.C4H10/c1-19(2,3)15-12-14(18(25-9)16(13-15)20(4,5)6)10-11-17(22)21(7,8)26-27(23)24;1-3-4-2/h10-13,27H,1-9H3,(H,23,24);3-4H2,1-2H3/b11-10+;. The van der Waals surface area contributed by atoms with Gasteiger partial charge in [-0.25, -0.2) is 0 Å². The Labute approximate surface area is 190 Å². The Kier molecular flexibility index (Phi) is 11.4. The van der Waals surface area contributed by atoms with E-state index in [4.69, 9.17) is 14.2 Å². The minimum absolute atomic E-state index is 0.0714. The Hall–Kier alpha value is -1.42. The van der Waals surface area contributed by atoms with Crippen LogP contribution in [0.1, 0.15) is 98.8 Å². The van der Waals surface area contributed by atoms with Crippen molar-refractivity contribution in [3.8, 4) is 5.75 Å². The van der Waals surface area contributed by atoms with Crippen LogP contribution in [-0.2, 0) is 24.7 Å². The molecule has 0 heterocycles. The summed E-state index contributed by atoms with van der Waals surface area (Å²) in [6, 6.07) is 4.17. The van der Waals surface area contributed by atoms with Gasteiger partial charge in [0.1, 0.15) is 11.4 Å². The van der Waals surface area contributed by atoms with Crippen LogP contribution < -0.4 is 4.74 Å². The minimum atomic E-state index is -3.21. The van der Waals surface area contributed by atoms with Crippen molar-refractivity contribution in [2.75, 3.05) is 7.11 Å². The highest BCUT2D eigenvalue weighted by atomic mass is 31.1. The molecule has 1 aromatic carbocycles. The fourth-order valence-electron chi connectivity index (χ4n) is 2.63. The van der Waals surface area contributed by atoms with Gasteiger partial charge in [-0.3, -0.25) is 13.9 Å². The Morgan fingerprint density at radius 3 is 1.87 bits per heavy atom. The van der Waals surface area contributed by atoms with E-state index in [-0.39, 0.29) is 10.8 Å². The van der Waals surface area contributed by atoms with Crippen molar-refractivity contribution in [1.29, 1.82) is 0 Å². The van der Waals surface area contributed by atoms with E-state index >= 15 is 0 Å². The van der Waals surface area contributed by atoms with Gasteiger partial charge in [-0.15, -0.1) is 0 Å². The van der Waals surface area contributed by atoms with Gasteiger partial charge >= 0.3 is 8.25 Å². The number of rotatable bonds is 7. The number of carbonyl (C=O) groups excluding carboxylic acids is 1. The molecule has 0 aliphatic carbocycles. The molecule has 178 valence electrons. The second-order valence-electron chi connectivity index (χ2n) is 10.2. The average molecular weight is 455 g/mol. The summed E-state index contributed by atoms with van der Waals surface area (Å²) in [6.45, 7) is 20.1. The third-order valence-corrected chi connectivity index (χ3v) is 5.53. The minimum Gasteiger partial charge on any atom is -0.496 e. The molecule has 0 spiro atoms. The SMILES string of the molecule is CCCC.COc1c(/C=C/C(=O)C(C)(C)O[PH](=O)O)cc(C(C)(C)C)cc1C(C)(C)C. The Morgan fingerprint density at radius 1 is 1.00 bits per heavy atom. The van der Waals surface area contributed by atoms with E-state index in [9.17, 15) is 9.36 Å². The van der Waals surface area contributed by atoms with Gasteiger partial charge in [0.05, 0.1) is 7.11 Å². The molecule has 1 aromatic rings.